The molecule has 1 amide bonds. The van der Waals surface area contributed by atoms with Gasteiger partial charge in [0.25, 0.3) is 5.91 Å². The smallest absolute Gasteiger partial charge is 0.349 e. The first-order valence-corrected chi connectivity index (χ1v) is 10.7. The fourth-order valence-corrected chi connectivity index (χ4v) is 3.36. The molecule has 5 nitrogen and oxygen atoms in total. The van der Waals surface area contributed by atoms with E-state index in [1.807, 2.05) is 57.2 Å². The van der Waals surface area contributed by atoms with Crippen LogP contribution in [0.4, 0.5) is 5.69 Å². The lowest BCUT2D eigenvalue weighted by Gasteiger charge is -2.14. The van der Waals surface area contributed by atoms with Crippen LogP contribution in [-0.2, 0) is 4.79 Å². The number of hydrogen-bond acceptors (Lipinski definition) is 4. The van der Waals surface area contributed by atoms with Crippen LogP contribution in [0.1, 0.15) is 52.4 Å². The van der Waals surface area contributed by atoms with Gasteiger partial charge in [-0.3, -0.25) is 4.79 Å². The van der Waals surface area contributed by atoms with E-state index >= 15 is 0 Å². The zero-order valence-electron chi connectivity index (χ0n) is 19.2. The third kappa shape index (κ3) is 5.97. The fraction of sp³-hybridized carbons (Fsp3) is 0.259. The minimum atomic E-state index is -0.506. The molecule has 0 aliphatic rings. The van der Waals surface area contributed by atoms with E-state index in [4.69, 9.17) is 9.47 Å². The lowest BCUT2D eigenvalue weighted by molar-refractivity contribution is -0.136. The number of nitrogens with one attached hydrogen (secondary N) is 1. The van der Waals surface area contributed by atoms with E-state index in [0.29, 0.717) is 17.1 Å². The van der Waals surface area contributed by atoms with Crippen molar-refractivity contribution >= 4 is 17.6 Å². The maximum Gasteiger partial charge on any atom is 0.349 e. The average Bonchev–Trinajstić information content (AvgIpc) is 2.74. The average molecular weight is 432 g/mol. The maximum atomic E-state index is 12.5. The first-order chi connectivity index (χ1) is 15.2. The molecule has 3 aromatic carbocycles. The zero-order chi connectivity index (χ0) is 23.3. The Labute approximate surface area is 189 Å². The summed E-state index contributed by atoms with van der Waals surface area (Å²) in [6, 6.07) is 18.3. The van der Waals surface area contributed by atoms with E-state index in [9.17, 15) is 9.59 Å². The van der Waals surface area contributed by atoms with Crippen molar-refractivity contribution in [2.75, 3.05) is 11.9 Å². The minimum Gasteiger partial charge on any atom is -0.482 e. The topological polar surface area (TPSA) is 64.6 Å². The number of amides is 1. The highest BCUT2D eigenvalue weighted by Gasteiger charge is 2.13. The second-order valence-corrected chi connectivity index (χ2v) is 8.26. The van der Waals surface area contributed by atoms with Crippen LogP contribution in [0.5, 0.6) is 11.5 Å². The SMILES string of the molecule is Cc1ccc(NC(=O)c2ccc(OC(=O)COc3cc(C)ccc3C(C)C)cc2)c(C)c1. The third-order valence-corrected chi connectivity index (χ3v) is 5.11. The summed E-state index contributed by atoms with van der Waals surface area (Å²) in [4.78, 5) is 24.8. The Kier molecular flexibility index (Phi) is 7.31. The zero-order valence-corrected chi connectivity index (χ0v) is 19.2. The predicted octanol–water partition coefficient (Wildman–Crippen LogP) is 5.97. The van der Waals surface area contributed by atoms with Crippen molar-refractivity contribution in [1.29, 1.82) is 0 Å². The predicted molar refractivity (Wildman–Crippen MR) is 127 cm³/mol. The van der Waals surface area contributed by atoms with Crippen molar-refractivity contribution in [3.05, 3.63) is 88.5 Å². The number of ether oxygens (including phenoxy) is 2. The summed E-state index contributed by atoms with van der Waals surface area (Å²) in [6.45, 7) is 9.90. The standard InChI is InChI=1S/C27H29NO4/c1-17(2)23-12-6-19(4)15-25(23)31-16-26(29)32-22-10-8-21(9-11-22)27(30)28-24-13-7-18(3)14-20(24)5/h6-15,17H,16H2,1-5H3,(H,28,30). The van der Waals surface area contributed by atoms with Gasteiger partial charge in [-0.25, -0.2) is 4.79 Å². The van der Waals surface area contributed by atoms with Gasteiger partial charge in [-0.1, -0.05) is 43.7 Å². The van der Waals surface area contributed by atoms with Crippen LogP contribution in [0.15, 0.2) is 60.7 Å². The quantitative estimate of drug-likeness (QED) is 0.370. The van der Waals surface area contributed by atoms with Crippen molar-refractivity contribution in [3.63, 3.8) is 0 Å². The molecule has 0 spiro atoms. The van der Waals surface area contributed by atoms with Gasteiger partial charge >= 0.3 is 5.97 Å². The van der Waals surface area contributed by atoms with Crippen LogP contribution in [-0.4, -0.2) is 18.5 Å². The van der Waals surface area contributed by atoms with Gasteiger partial charge in [0.15, 0.2) is 6.61 Å². The molecule has 32 heavy (non-hydrogen) atoms. The van der Waals surface area contributed by atoms with Crippen molar-refractivity contribution in [2.45, 2.75) is 40.5 Å². The van der Waals surface area contributed by atoms with E-state index in [1.165, 1.54) is 0 Å². The van der Waals surface area contributed by atoms with Crippen LogP contribution in [0.25, 0.3) is 0 Å². The molecule has 166 valence electrons. The second kappa shape index (κ2) is 10.1. The Balaban J connectivity index is 1.58. The molecule has 3 aromatic rings. The highest BCUT2D eigenvalue weighted by molar-refractivity contribution is 6.04. The molecule has 5 heteroatoms. The Morgan fingerprint density at radius 1 is 0.875 bits per heavy atom. The number of anilines is 1. The highest BCUT2D eigenvalue weighted by Crippen LogP contribution is 2.27. The van der Waals surface area contributed by atoms with E-state index in [0.717, 1.165) is 27.9 Å². The summed E-state index contributed by atoms with van der Waals surface area (Å²) >= 11 is 0. The molecular weight excluding hydrogens is 402 g/mol. The number of hydrogen-bond donors (Lipinski definition) is 1. The molecule has 0 aromatic heterocycles. The van der Waals surface area contributed by atoms with Gasteiger partial charge in [0, 0.05) is 11.3 Å². The van der Waals surface area contributed by atoms with Crippen LogP contribution in [0.3, 0.4) is 0 Å². The van der Waals surface area contributed by atoms with Gasteiger partial charge in [0.2, 0.25) is 0 Å². The van der Waals surface area contributed by atoms with E-state index in [2.05, 4.69) is 19.2 Å². The molecule has 0 aliphatic heterocycles. The summed E-state index contributed by atoms with van der Waals surface area (Å²) < 4.78 is 11.1. The van der Waals surface area contributed by atoms with Crippen LogP contribution < -0.4 is 14.8 Å². The van der Waals surface area contributed by atoms with Crippen LogP contribution in [0.2, 0.25) is 0 Å². The third-order valence-electron chi connectivity index (χ3n) is 5.11. The number of carbonyl (C=O) groups is 2. The Morgan fingerprint density at radius 2 is 1.53 bits per heavy atom. The Bertz CT molecular complexity index is 1120. The van der Waals surface area contributed by atoms with E-state index in [-0.39, 0.29) is 18.4 Å². The number of esters is 1. The lowest BCUT2D eigenvalue weighted by Crippen LogP contribution is -2.18. The molecule has 1 N–H and O–H groups in total. The summed E-state index contributed by atoms with van der Waals surface area (Å²) in [6.07, 6.45) is 0. The molecule has 0 unspecified atom stereocenters. The summed E-state index contributed by atoms with van der Waals surface area (Å²) in [7, 11) is 0. The van der Waals surface area contributed by atoms with Crippen LogP contribution >= 0.6 is 0 Å². The van der Waals surface area contributed by atoms with Gasteiger partial charge in [-0.05, 0) is 79.8 Å². The monoisotopic (exact) mass is 431 g/mol. The Hall–Kier alpha value is -3.60. The van der Waals surface area contributed by atoms with Gasteiger partial charge in [-0.2, -0.15) is 0 Å². The number of carbonyl (C=O) groups excluding carboxylic acids is 2. The van der Waals surface area contributed by atoms with Gasteiger partial charge in [0.1, 0.15) is 11.5 Å². The second-order valence-electron chi connectivity index (χ2n) is 8.26. The molecule has 0 aliphatic carbocycles. The molecule has 0 atom stereocenters. The lowest BCUT2D eigenvalue weighted by atomic mass is 10.0. The molecule has 0 saturated carbocycles. The first kappa shape index (κ1) is 23.1. The largest absolute Gasteiger partial charge is 0.482 e. The summed E-state index contributed by atoms with van der Waals surface area (Å²) in [5, 5.41) is 2.90. The first-order valence-electron chi connectivity index (χ1n) is 10.7. The van der Waals surface area contributed by atoms with Gasteiger partial charge in [-0.15, -0.1) is 0 Å². The molecular formula is C27H29NO4. The molecule has 3 rings (SSSR count). The summed E-state index contributed by atoms with van der Waals surface area (Å²) in [5.41, 5.74) is 5.49. The highest BCUT2D eigenvalue weighted by atomic mass is 16.6. The van der Waals surface area contributed by atoms with Gasteiger partial charge in [0.05, 0.1) is 0 Å². The fourth-order valence-electron chi connectivity index (χ4n) is 3.36. The van der Waals surface area contributed by atoms with E-state index in [1.54, 1.807) is 24.3 Å². The molecule has 0 fully saturated rings. The molecule has 0 bridgehead atoms. The van der Waals surface area contributed by atoms with Gasteiger partial charge < -0.3 is 14.8 Å². The van der Waals surface area contributed by atoms with Crippen LogP contribution in [0, 0.1) is 20.8 Å². The van der Waals surface area contributed by atoms with Crippen molar-refractivity contribution < 1.29 is 19.1 Å². The number of benzene rings is 3. The van der Waals surface area contributed by atoms with E-state index < -0.39 is 5.97 Å². The number of rotatable bonds is 7. The summed E-state index contributed by atoms with van der Waals surface area (Å²) in [5.74, 6) is 0.599. The van der Waals surface area contributed by atoms with Crippen molar-refractivity contribution in [3.8, 4) is 11.5 Å². The molecule has 0 heterocycles. The minimum absolute atomic E-state index is 0.196. The number of aryl methyl sites for hydroxylation is 3. The Morgan fingerprint density at radius 3 is 2.19 bits per heavy atom. The molecule has 0 radical (unpaired) electrons. The maximum absolute atomic E-state index is 12.5. The van der Waals surface area contributed by atoms with Crippen molar-refractivity contribution in [1.82, 2.24) is 0 Å². The normalized spacial score (nSPS) is 10.7. The molecule has 0 saturated heterocycles. The van der Waals surface area contributed by atoms with Crippen molar-refractivity contribution in [2.24, 2.45) is 0 Å².